The van der Waals surface area contributed by atoms with Gasteiger partial charge in [-0.1, -0.05) is 35.9 Å². The summed E-state index contributed by atoms with van der Waals surface area (Å²) in [7, 11) is -3.69. The number of pyridine rings is 1. The molecular weight excluding hydrogens is 334 g/mol. The van der Waals surface area contributed by atoms with Gasteiger partial charge in [0.1, 0.15) is 0 Å². The van der Waals surface area contributed by atoms with E-state index in [9.17, 15) is 8.42 Å². The third-order valence-corrected chi connectivity index (χ3v) is 5.25. The van der Waals surface area contributed by atoms with Crippen LogP contribution in [-0.4, -0.2) is 26.5 Å². The lowest BCUT2D eigenvalue weighted by Gasteiger charge is -2.16. The Morgan fingerprint density at radius 1 is 1.22 bits per heavy atom. The van der Waals surface area contributed by atoms with Gasteiger partial charge in [-0.3, -0.25) is 4.72 Å². The molecule has 0 saturated heterocycles. The summed E-state index contributed by atoms with van der Waals surface area (Å²) in [6, 6.07) is 9.89. The van der Waals surface area contributed by atoms with Crippen molar-refractivity contribution in [1.29, 1.82) is 0 Å². The van der Waals surface area contributed by atoms with E-state index in [-0.39, 0.29) is 15.7 Å². The number of sulfonamides is 1. The summed E-state index contributed by atoms with van der Waals surface area (Å²) in [5.74, 6) is 0. The summed E-state index contributed by atoms with van der Waals surface area (Å²) in [5, 5.41) is 3.36. The highest BCUT2D eigenvalue weighted by Gasteiger charge is 2.17. The summed E-state index contributed by atoms with van der Waals surface area (Å²) >= 11 is 6.06. The second-order valence-electron chi connectivity index (χ2n) is 5.16. The largest absolute Gasteiger partial charge is 0.313 e. The fourth-order valence-corrected chi connectivity index (χ4v) is 3.67. The number of aromatic nitrogens is 1. The zero-order valence-corrected chi connectivity index (χ0v) is 13.9. The molecule has 0 atom stereocenters. The van der Waals surface area contributed by atoms with Crippen LogP contribution < -0.4 is 10.0 Å². The predicted octanol–water partition coefficient (Wildman–Crippen LogP) is 2.91. The average Bonchev–Trinajstić information content (AvgIpc) is 2.58. The van der Waals surface area contributed by atoms with Crippen molar-refractivity contribution in [1.82, 2.24) is 10.3 Å². The van der Waals surface area contributed by atoms with Gasteiger partial charge in [0, 0.05) is 12.7 Å². The summed E-state index contributed by atoms with van der Waals surface area (Å²) in [4.78, 5) is 4.29. The van der Waals surface area contributed by atoms with Crippen LogP contribution in [0.25, 0.3) is 5.57 Å². The normalized spacial score (nSPS) is 15.1. The summed E-state index contributed by atoms with van der Waals surface area (Å²) in [5.41, 5.74) is 2.29. The third-order valence-electron chi connectivity index (χ3n) is 3.57. The Kier molecular flexibility index (Phi) is 4.66. The third kappa shape index (κ3) is 3.72. The first-order valence-electron chi connectivity index (χ1n) is 7.20. The molecule has 23 heavy (non-hydrogen) atoms. The van der Waals surface area contributed by atoms with E-state index in [0.29, 0.717) is 0 Å². The van der Waals surface area contributed by atoms with Gasteiger partial charge in [-0.25, -0.2) is 13.4 Å². The second kappa shape index (κ2) is 6.70. The highest BCUT2D eigenvalue weighted by Crippen LogP contribution is 2.28. The molecule has 120 valence electrons. The molecule has 2 N–H and O–H groups in total. The molecule has 1 aliphatic rings. The molecule has 2 heterocycles. The maximum atomic E-state index is 12.4. The van der Waals surface area contributed by atoms with Crippen molar-refractivity contribution >= 4 is 32.9 Å². The van der Waals surface area contributed by atoms with Crippen molar-refractivity contribution in [3.63, 3.8) is 0 Å². The van der Waals surface area contributed by atoms with Gasteiger partial charge in [0.05, 0.1) is 10.6 Å². The summed E-state index contributed by atoms with van der Waals surface area (Å²) in [6.07, 6.45) is 4.61. The fourth-order valence-electron chi connectivity index (χ4n) is 2.38. The number of nitrogens with one attached hydrogen (secondary N) is 2. The van der Waals surface area contributed by atoms with Gasteiger partial charge >= 0.3 is 0 Å². The van der Waals surface area contributed by atoms with Crippen LogP contribution in [0.3, 0.4) is 0 Å². The number of halogens is 1. The van der Waals surface area contributed by atoms with E-state index in [2.05, 4.69) is 21.1 Å². The molecule has 3 rings (SSSR count). The highest BCUT2D eigenvalue weighted by molar-refractivity contribution is 7.92. The molecule has 0 amide bonds. The van der Waals surface area contributed by atoms with E-state index < -0.39 is 10.0 Å². The van der Waals surface area contributed by atoms with Crippen molar-refractivity contribution in [2.45, 2.75) is 11.3 Å². The van der Waals surface area contributed by atoms with E-state index >= 15 is 0 Å². The first-order chi connectivity index (χ1) is 11.1. The second-order valence-corrected chi connectivity index (χ2v) is 7.20. The maximum Gasteiger partial charge on any atom is 0.261 e. The molecule has 2 aromatic rings. The molecule has 0 saturated carbocycles. The van der Waals surface area contributed by atoms with Crippen molar-refractivity contribution in [2.24, 2.45) is 0 Å². The van der Waals surface area contributed by atoms with Crippen LogP contribution in [0.15, 0.2) is 53.6 Å². The van der Waals surface area contributed by atoms with Gasteiger partial charge in [-0.15, -0.1) is 0 Å². The van der Waals surface area contributed by atoms with Crippen LogP contribution in [0.2, 0.25) is 5.15 Å². The Morgan fingerprint density at radius 2 is 2.00 bits per heavy atom. The Bertz CT molecular complexity index is 836. The molecule has 0 unspecified atom stereocenters. The van der Waals surface area contributed by atoms with Crippen LogP contribution in [0.1, 0.15) is 12.0 Å². The minimum Gasteiger partial charge on any atom is -0.313 e. The summed E-state index contributed by atoms with van der Waals surface area (Å²) in [6.45, 7) is 1.68. The molecule has 1 aliphatic heterocycles. The minimum atomic E-state index is -3.69. The number of hydrogen-bond donors (Lipinski definition) is 2. The Hall–Kier alpha value is -1.89. The topological polar surface area (TPSA) is 71.1 Å². The number of rotatable bonds is 4. The number of anilines is 1. The van der Waals surface area contributed by atoms with Crippen LogP contribution in [0.5, 0.6) is 0 Å². The van der Waals surface area contributed by atoms with Gasteiger partial charge in [0.25, 0.3) is 10.0 Å². The maximum absolute atomic E-state index is 12.4. The highest BCUT2D eigenvalue weighted by atomic mass is 35.5. The van der Waals surface area contributed by atoms with E-state index in [1.165, 1.54) is 12.1 Å². The van der Waals surface area contributed by atoms with E-state index in [0.717, 1.165) is 30.6 Å². The molecule has 0 aliphatic carbocycles. The lowest BCUT2D eigenvalue weighted by Crippen LogP contribution is -2.20. The Labute approximate surface area is 140 Å². The van der Waals surface area contributed by atoms with Crippen LogP contribution in [-0.2, 0) is 10.0 Å². The zero-order chi connectivity index (χ0) is 16.3. The molecule has 5 nitrogen and oxygen atoms in total. The average molecular weight is 350 g/mol. The van der Waals surface area contributed by atoms with Crippen LogP contribution >= 0.6 is 11.6 Å². The van der Waals surface area contributed by atoms with Gasteiger partial charge in [0.15, 0.2) is 5.15 Å². The lowest BCUT2D eigenvalue weighted by atomic mass is 10.0. The van der Waals surface area contributed by atoms with E-state index in [1.54, 1.807) is 30.5 Å². The Balaban J connectivity index is 1.92. The fraction of sp³-hybridized carbons (Fsp3) is 0.188. The van der Waals surface area contributed by atoms with Gasteiger partial charge < -0.3 is 5.32 Å². The van der Waals surface area contributed by atoms with E-state index in [1.807, 2.05) is 0 Å². The molecule has 0 bridgehead atoms. The van der Waals surface area contributed by atoms with Crippen molar-refractivity contribution in [2.75, 3.05) is 17.8 Å². The molecule has 0 spiro atoms. The van der Waals surface area contributed by atoms with Gasteiger partial charge in [0.2, 0.25) is 0 Å². The SMILES string of the molecule is O=S(=O)(Nc1cc(C2=CCNCC2)cnc1Cl)c1ccccc1. The monoisotopic (exact) mass is 349 g/mol. The number of nitrogens with zero attached hydrogens (tertiary/aromatic N) is 1. The van der Waals surface area contributed by atoms with Gasteiger partial charge in [-0.05, 0) is 42.3 Å². The molecule has 0 radical (unpaired) electrons. The predicted molar refractivity (Wildman–Crippen MR) is 92.0 cm³/mol. The zero-order valence-electron chi connectivity index (χ0n) is 12.3. The first kappa shape index (κ1) is 16.0. The molecule has 1 aromatic carbocycles. The van der Waals surface area contributed by atoms with Gasteiger partial charge in [-0.2, -0.15) is 0 Å². The molecule has 0 fully saturated rings. The van der Waals surface area contributed by atoms with E-state index in [4.69, 9.17) is 11.6 Å². The smallest absolute Gasteiger partial charge is 0.261 e. The molecule has 7 heteroatoms. The quantitative estimate of drug-likeness (QED) is 0.832. The lowest BCUT2D eigenvalue weighted by molar-refractivity contribution is 0.601. The van der Waals surface area contributed by atoms with Crippen molar-refractivity contribution in [3.05, 3.63) is 59.4 Å². The standard InChI is InChI=1S/C16H16ClN3O2S/c17-16-15(20-23(21,22)14-4-2-1-3-5-14)10-13(11-19-16)12-6-8-18-9-7-12/h1-6,10-11,18,20H,7-9H2. The number of benzene rings is 1. The van der Waals surface area contributed by atoms with Crippen LogP contribution in [0.4, 0.5) is 5.69 Å². The molecular formula is C16H16ClN3O2S. The van der Waals surface area contributed by atoms with Crippen molar-refractivity contribution < 1.29 is 8.42 Å². The summed E-state index contributed by atoms with van der Waals surface area (Å²) < 4.78 is 27.4. The number of hydrogen-bond acceptors (Lipinski definition) is 4. The van der Waals surface area contributed by atoms with Crippen LogP contribution in [0, 0.1) is 0 Å². The first-order valence-corrected chi connectivity index (χ1v) is 9.06. The molecule has 1 aromatic heterocycles. The Morgan fingerprint density at radius 3 is 2.70 bits per heavy atom. The minimum absolute atomic E-state index is 0.128. The van der Waals surface area contributed by atoms with Crippen molar-refractivity contribution in [3.8, 4) is 0 Å².